The summed E-state index contributed by atoms with van der Waals surface area (Å²) in [7, 11) is 1.86. The van der Waals surface area contributed by atoms with E-state index in [9.17, 15) is 4.79 Å². The van der Waals surface area contributed by atoms with E-state index >= 15 is 0 Å². The third-order valence-electron chi connectivity index (χ3n) is 6.17. The third-order valence-corrected chi connectivity index (χ3v) is 6.17. The van der Waals surface area contributed by atoms with Gasteiger partial charge in [0.25, 0.3) is 0 Å². The van der Waals surface area contributed by atoms with Gasteiger partial charge in [-0.15, -0.1) is 10.2 Å². The van der Waals surface area contributed by atoms with E-state index in [2.05, 4.69) is 32.5 Å². The second-order valence-corrected chi connectivity index (χ2v) is 8.99. The lowest BCUT2D eigenvalue weighted by atomic mass is 10.0. The highest BCUT2D eigenvalue weighted by molar-refractivity contribution is 5.69. The number of hydrogen-bond donors (Lipinski definition) is 1. The monoisotopic (exact) mass is 431 g/mol. The number of pyridine rings is 1. The van der Waals surface area contributed by atoms with Crippen LogP contribution in [0.15, 0.2) is 18.3 Å². The molecule has 0 aromatic carbocycles. The molecule has 1 N–H and O–H groups in total. The molecule has 0 atom stereocenters. The van der Waals surface area contributed by atoms with Crippen molar-refractivity contribution >= 4 is 5.97 Å². The summed E-state index contributed by atoms with van der Waals surface area (Å²) in [4.78, 5) is 15.8. The molecule has 2 saturated carbocycles. The van der Waals surface area contributed by atoms with Crippen LogP contribution in [0.1, 0.15) is 54.7 Å². The molecule has 32 heavy (non-hydrogen) atoms. The van der Waals surface area contributed by atoms with Crippen molar-refractivity contribution in [3.8, 4) is 23.2 Å². The molecule has 0 aliphatic heterocycles. The highest BCUT2D eigenvalue weighted by atomic mass is 16.4. The summed E-state index contributed by atoms with van der Waals surface area (Å²) >= 11 is 0. The second-order valence-electron chi connectivity index (χ2n) is 8.99. The molecule has 2 aliphatic carbocycles. The highest BCUT2D eigenvalue weighted by Gasteiger charge is 2.43. The van der Waals surface area contributed by atoms with E-state index in [1.807, 2.05) is 37.0 Å². The topological polar surface area (TPSA) is 112 Å². The predicted molar refractivity (Wildman–Crippen MR) is 115 cm³/mol. The van der Waals surface area contributed by atoms with Gasteiger partial charge in [0.05, 0.1) is 35.7 Å². The van der Waals surface area contributed by atoms with Crippen LogP contribution in [0.4, 0.5) is 0 Å². The van der Waals surface area contributed by atoms with Gasteiger partial charge in [0, 0.05) is 24.2 Å². The van der Waals surface area contributed by atoms with Crippen molar-refractivity contribution in [1.29, 1.82) is 0 Å². The van der Waals surface area contributed by atoms with Gasteiger partial charge in [0.1, 0.15) is 5.69 Å². The molecule has 0 radical (unpaired) electrons. The average molecular weight is 432 g/mol. The second kappa shape index (κ2) is 7.86. The molecule has 9 heteroatoms. The van der Waals surface area contributed by atoms with Crippen molar-refractivity contribution in [2.24, 2.45) is 18.4 Å². The fraction of sp³-hybridized carbons (Fsp3) is 0.478. The van der Waals surface area contributed by atoms with Gasteiger partial charge in [-0.05, 0) is 57.1 Å². The Kier molecular flexibility index (Phi) is 5.00. The first-order valence-electron chi connectivity index (χ1n) is 10.9. The SMILES string of the molecule is Cc1nc(-c2nnn(C)c2Cn2cc(CC3CC3)nn2)ccc1C#CC1(CC(=O)O)CC1. The van der Waals surface area contributed by atoms with Crippen LogP contribution in [0, 0.1) is 30.1 Å². The minimum Gasteiger partial charge on any atom is -0.481 e. The van der Waals surface area contributed by atoms with E-state index in [0.717, 1.165) is 53.5 Å². The maximum absolute atomic E-state index is 11.0. The first-order valence-corrected chi connectivity index (χ1v) is 10.9. The van der Waals surface area contributed by atoms with Crippen LogP contribution in [0.25, 0.3) is 11.4 Å². The Morgan fingerprint density at radius 1 is 1.25 bits per heavy atom. The minimum absolute atomic E-state index is 0.0954. The van der Waals surface area contributed by atoms with E-state index < -0.39 is 5.97 Å². The molecule has 0 saturated heterocycles. The number of aryl methyl sites for hydroxylation is 2. The molecule has 0 spiro atoms. The normalized spacial score (nSPS) is 16.4. The summed E-state index contributed by atoms with van der Waals surface area (Å²) in [6, 6.07) is 3.81. The summed E-state index contributed by atoms with van der Waals surface area (Å²) in [5.41, 5.74) is 4.57. The third kappa shape index (κ3) is 4.40. The van der Waals surface area contributed by atoms with Crippen molar-refractivity contribution < 1.29 is 9.90 Å². The summed E-state index contributed by atoms with van der Waals surface area (Å²) < 4.78 is 3.56. The largest absolute Gasteiger partial charge is 0.481 e. The van der Waals surface area contributed by atoms with Crippen LogP contribution in [0.2, 0.25) is 0 Å². The number of carbonyl (C=O) groups is 1. The molecule has 3 aromatic rings. The summed E-state index contributed by atoms with van der Waals surface area (Å²) in [5, 5.41) is 26.2. The predicted octanol–water partition coefficient (Wildman–Crippen LogP) is 2.38. The van der Waals surface area contributed by atoms with Gasteiger partial charge in [-0.3, -0.25) is 9.78 Å². The summed E-state index contributed by atoms with van der Waals surface area (Å²) in [5.74, 6) is 6.27. The minimum atomic E-state index is -0.802. The van der Waals surface area contributed by atoms with Gasteiger partial charge >= 0.3 is 5.97 Å². The number of hydrogen-bond acceptors (Lipinski definition) is 6. The molecule has 2 aliphatic rings. The van der Waals surface area contributed by atoms with Crippen molar-refractivity contribution in [2.75, 3.05) is 0 Å². The molecule has 5 rings (SSSR count). The molecule has 0 bridgehead atoms. The summed E-state index contributed by atoms with van der Waals surface area (Å²) in [6.07, 6.45) is 7.33. The van der Waals surface area contributed by atoms with Crippen LogP contribution < -0.4 is 0 Å². The van der Waals surface area contributed by atoms with Gasteiger partial charge in [-0.2, -0.15) is 0 Å². The number of aliphatic carboxylic acids is 1. The number of aromatic nitrogens is 7. The lowest BCUT2D eigenvalue weighted by molar-refractivity contribution is -0.137. The standard InChI is InChI=1S/C23H25N7O2/c1-15-17(7-8-23(9-10-23)12-21(31)32)5-6-19(24-15)22-20(29(2)27-26-22)14-30-13-18(25-28-30)11-16-3-4-16/h5-6,13,16H,3-4,9-12,14H2,1-2H3,(H,31,32). The van der Waals surface area contributed by atoms with Crippen LogP contribution in [0.5, 0.6) is 0 Å². The number of rotatable bonds is 7. The lowest BCUT2D eigenvalue weighted by Crippen LogP contribution is -2.08. The zero-order valence-electron chi connectivity index (χ0n) is 18.2. The quantitative estimate of drug-likeness (QED) is 0.572. The Labute approximate surface area is 185 Å². The van der Waals surface area contributed by atoms with Crippen molar-refractivity contribution in [1.82, 2.24) is 35.0 Å². The van der Waals surface area contributed by atoms with Gasteiger partial charge in [-0.25, -0.2) is 9.36 Å². The van der Waals surface area contributed by atoms with E-state index in [-0.39, 0.29) is 11.8 Å². The van der Waals surface area contributed by atoms with Crippen LogP contribution in [-0.2, 0) is 24.8 Å². The zero-order chi connectivity index (χ0) is 22.3. The molecule has 0 amide bonds. The Balaban J connectivity index is 1.36. The average Bonchev–Trinajstić information content (AvgIpc) is 3.63. The molecular weight excluding hydrogens is 406 g/mol. The van der Waals surface area contributed by atoms with E-state index in [1.54, 1.807) is 4.68 Å². The molecule has 2 fully saturated rings. The molecule has 164 valence electrons. The fourth-order valence-corrected chi connectivity index (χ4v) is 3.84. The molecule has 0 unspecified atom stereocenters. The maximum atomic E-state index is 11.0. The van der Waals surface area contributed by atoms with Crippen LogP contribution in [-0.4, -0.2) is 46.0 Å². The fourth-order valence-electron chi connectivity index (χ4n) is 3.84. The van der Waals surface area contributed by atoms with Gasteiger partial charge in [0.2, 0.25) is 0 Å². The Morgan fingerprint density at radius 3 is 2.75 bits per heavy atom. The molecular formula is C23H25N7O2. The molecule has 3 aromatic heterocycles. The van der Waals surface area contributed by atoms with Gasteiger partial charge in [-0.1, -0.05) is 22.3 Å². The first-order chi connectivity index (χ1) is 15.4. The number of nitrogens with zero attached hydrogens (tertiary/aromatic N) is 7. The number of carboxylic acid groups (broad SMARTS) is 1. The van der Waals surface area contributed by atoms with E-state index in [1.165, 1.54) is 12.8 Å². The number of carboxylic acids is 1. The van der Waals surface area contributed by atoms with E-state index in [4.69, 9.17) is 10.1 Å². The van der Waals surface area contributed by atoms with Crippen molar-refractivity contribution in [2.45, 2.75) is 52.0 Å². The maximum Gasteiger partial charge on any atom is 0.304 e. The smallest absolute Gasteiger partial charge is 0.304 e. The lowest BCUT2D eigenvalue weighted by Gasteiger charge is -2.06. The highest BCUT2D eigenvalue weighted by Crippen LogP contribution is 2.48. The van der Waals surface area contributed by atoms with Gasteiger partial charge in [0.15, 0.2) is 0 Å². The van der Waals surface area contributed by atoms with Gasteiger partial charge < -0.3 is 5.11 Å². The van der Waals surface area contributed by atoms with Crippen molar-refractivity contribution in [3.63, 3.8) is 0 Å². The van der Waals surface area contributed by atoms with Crippen LogP contribution in [0.3, 0.4) is 0 Å². The van der Waals surface area contributed by atoms with E-state index in [0.29, 0.717) is 12.2 Å². The Bertz CT molecular complexity index is 1240. The zero-order valence-corrected chi connectivity index (χ0v) is 18.2. The Hall–Kier alpha value is -3.54. The van der Waals surface area contributed by atoms with Crippen LogP contribution >= 0.6 is 0 Å². The Morgan fingerprint density at radius 2 is 2.06 bits per heavy atom. The summed E-state index contributed by atoms with van der Waals surface area (Å²) in [6.45, 7) is 2.42. The molecule has 3 heterocycles. The van der Waals surface area contributed by atoms with Crippen molar-refractivity contribution in [3.05, 3.63) is 41.0 Å². The molecule has 9 nitrogen and oxygen atoms in total. The first kappa shape index (κ1) is 20.4.